The smallest absolute Gasteiger partial charge is 0.146 e. The molecule has 0 aliphatic rings. The zero-order chi connectivity index (χ0) is 14.0. The van der Waals surface area contributed by atoms with Gasteiger partial charge in [-0.25, -0.2) is 4.39 Å². The lowest BCUT2D eigenvalue weighted by Crippen LogP contribution is -1.93. The van der Waals surface area contributed by atoms with Gasteiger partial charge in [0.05, 0.1) is 15.6 Å². The van der Waals surface area contributed by atoms with Crippen molar-refractivity contribution in [3.8, 4) is 11.5 Å². The van der Waals surface area contributed by atoms with Gasteiger partial charge < -0.3 is 9.84 Å². The summed E-state index contributed by atoms with van der Waals surface area (Å²) in [6.45, 7) is 1.65. The Labute approximate surface area is 123 Å². The topological polar surface area (TPSA) is 29.5 Å². The second-order valence-electron chi connectivity index (χ2n) is 4.04. The number of rotatable bonds is 3. The Morgan fingerprint density at radius 2 is 1.95 bits per heavy atom. The van der Waals surface area contributed by atoms with E-state index in [0.29, 0.717) is 26.6 Å². The first-order valence-electron chi connectivity index (χ1n) is 5.58. The van der Waals surface area contributed by atoms with Crippen LogP contribution in [0.25, 0.3) is 0 Å². The molecule has 0 aromatic heterocycles. The van der Waals surface area contributed by atoms with Crippen LogP contribution in [0.2, 0.25) is 5.02 Å². The van der Waals surface area contributed by atoms with Gasteiger partial charge in [-0.15, -0.1) is 0 Å². The predicted molar refractivity (Wildman–Crippen MR) is 76.3 cm³/mol. The molecule has 0 unspecified atom stereocenters. The van der Waals surface area contributed by atoms with E-state index < -0.39 is 11.9 Å². The van der Waals surface area contributed by atoms with Crippen LogP contribution >= 0.6 is 27.5 Å². The summed E-state index contributed by atoms with van der Waals surface area (Å²) in [6, 6.07) is 9.12. The van der Waals surface area contributed by atoms with Crippen LogP contribution in [-0.4, -0.2) is 5.11 Å². The average molecular weight is 346 g/mol. The zero-order valence-electron chi connectivity index (χ0n) is 10.0. The van der Waals surface area contributed by atoms with Gasteiger partial charge in [0.2, 0.25) is 0 Å². The molecule has 2 nitrogen and oxygen atoms in total. The first kappa shape index (κ1) is 14.3. The van der Waals surface area contributed by atoms with Gasteiger partial charge in [-0.2, -0.15) is 0 Å². The lowest BCUT2D eigenvalue weighted by Gasteiger charge is -2.11. The molecule has 2 aromatic rings. The molecule has 100 valence electrons. The second-order valence-corrected chi connectivity index (χ2v) is 5.30. The summed E-state index contributed by atoms with van der Waals surface area (Å²) < 4.78 is 19.3. The van der Waals surface area contributed by atoms with Crippen molar-refractivity contribution in [1.82, 2.24) is 0 Å². The van der Waals surface area contributed by atoms with Gasteiger partial charge in [0, 0.05) is 6.07 Å². The molecule has 2 rings (SSSR count). The quantitative estimate of drug-likeness (QED) is 0.840. The molecule has 0 fully saturated rings. The Morgan fingerprint density at radius 3 is 2.58 bits per heavy atom. The maximum Gasteiger partial charge on any atom is 0.146 e. The molecule has 0 heterocycles. The predicted octanol–water partition coefficient (Wildman–Crippen LogP) is 5.09. The van der Waals surface area contributed by atoms with Crippen LogP contribution in [0.15, 0.2) is 40.9 Å². The highest BCUT2D eigenvalue weighted by Gasteiger charge is 2.10. The summed E-state index contributed by atoms with van der Waals surface area (Å²) in [5.41, 5.74) is 0.690. The van der Waals surface area contributed by atoms with Crippen molar-refractivity contribution >= 4 is 27.5 Å². The molecular formula is C14H11BrClFO2. The van der Waals surface area contributed by atoms with Crippen LogP contribution in [0.4, 0.5) is 4.39 Å². The number of aliphatic hydroxyl groups is 1. The molecule has 0 bridgehead atoms. The Balaban J connectivity index is 2.31. The summed E-state index contributed by atoms with van der Waals surface area (Å²) >= 11 is 9.35. The van der Waals surface area contributed by atoms with Gasteiger partial charge in [-0.3, -0.25) is 0 Å². The van der Waals surface area contributed by atoms with E-state index in [9.17, 15) is 9.50 Å². The summed E-state index contributed by atoms with van der Waals surface area (Å²) in [5.74, 6) is 0.346. The van der Waals surface area contributed by atoms with Crippen LogP contribution in [0.5, 0.6) is 11.5 Å². The maximum absolute atomic E-state index is 13.2. The first-order valence-corrected chi connectivity index (χ1v) is 6.75. The number of aliphatic hydroxyl groups excluding tert-OH is 1. The van der Waals surface area contributed by atoms with Crippen molar-refractivity contribution in [3.05, 3.63) is 57.3 Å². The Kier molecular flexibility index (Phi) is 4.45. The van der Waals surface area contributed by atoms with E-state index in [2.05, 4.69) is 15.9 Å². The van der Waals surface area contributed by atoms with Crippen LogP contribution in [0.3, 0.4) is 0 Å². The SMILES string of the molecule is C[C@H](O)c1ccc(Oc2cc(F)ccc2Br)c(Cl)c1. The van der Waals surface area contributed by atoms with Crippen LogP contribution in [-0.2, 0) is 0 Å². The standard InChI is InChI=1S/C14H11BrClFO2/c1-8(18)9-2-5-13(12(16)6-9)19-14-7-10(17)3-4-11(14)15/h2-8,18H,1H3/t8-/m0/s1. The average Bonchev–Trinajstić information content (AvgIpc) is 2.36. The fourth-order valence-corrected chi connectivity index (χ4v) is 2.09. The number of ether oxygens (including phenoxy) is 1. The van der Waals surface area contributed by atoms with Gasteiger partial charge in [0.15, 0.2) is 0 Å². The summed E-state index contributed by atoms with van der Waals surface area (Å²) in [5, 5.41) is 9.81. The summed E-state index contributed by atoms with van der Waals surface area (Å²) in [6.07, 6.45) is -0.604. The lowest BCUT2D eigenvalue weighted by atomic mass is 10.1. The van der Waals surface area contributed by atoms with Crippen molar-refractivity contribution in [1.29, 1.82) is 0 Å². The van der Waals surface area contributed by atoms with Crippen molar-refractivity contribution < 1.29 is 14.2 Å². The highest BCUT2D eigenvalue weighted by Crippen LogP contribution is 2.35. The van der Waals surface area contributed by atoms with Gasteiger partial charge in [0.25, 0.3) is 0 Å². The highest BCUT2D eigenvalue weighted by molar-refractivity contribution is 9.10. The highest BCUT2D eigenvalue weighted by atomic mass is 79.9. The summed E-state index contributed by atoms with van der Waals surface area (Å²) in [7, 11) is 0. The molecule has 2 aromatic carbocycles. The molecule has 0 radical (unpaired) electrons. The van der Waals surface area contributed by atoms with Gasteiger partial charge in [-0.05, 0) is 52.7 Å². The lowest BCUT2D eigenvalue weighted by molar-refractivity contribution is 0.199. The Morgan fingerprint density at radius 1 is 1.21 bits per heavy atom. The second kappa shape index (κ2) is 5.90. The van der Waals surface area contributed by atoms with E-state index >= 15 is 0 Å². The first-order chi connectivity index (χ1) is 8.97. The van der Waals surface area contributed by atoms with Crippen molar-refractivity contribution in [2.45, 2.75) is 13.0 Å². The third kappa shape index (κ3) is 3.47. The molecule has 0 aliphatic heterocycles. The van der Waals surface area contributed by atoms with E-state index in [-0.39, 0.29) is 0 Å². The molecule has 0 spiro atoms. The number of hydrogen-bond acceptors (Lipinski definition) is 2. The maximum atomic E-state index is 13.2. The third-order valence-corrected chi connectivity index (χ3v) is 3.50. The molecule has 5 heteroatoms. The van der Waals surface area contributed by atoms with Crippen LogP contribution in [0.1, 0.15) is 18.6 Å². The molecule has 0 saturated carbocycles. The molecular weight excluding hydrogens is 335 g/mol. The van der Waals surface area contributed by atoms with E-state index in [1.54, 1.807) is 31.2 Å². The van der Waals surface area contributed by atoms with E-state index in [1.807, 2.05) is 0 Å². The monoisotopic (exact) mass is 344 g/mol. The third-order valence-electron chi connectivity index (χ3n) is 2.55. The van der Waals surface area contributed by atoms with Gasteiger partial charge in [0.1, 0.15) is 17.3 Å². The molecule has 1 atom stereocenters. The number of hydrogen-bond donors (Lipinski definition) is 1. The number of halogens is 3. The largest absolute Gasteiger partial charge is 0.455 e. The minimum atomic E-state index is -0.604. The van der Waals surface area contributed by atoms with Crippen molar-refractivity contribution in [3.63, 3.8) is 0 Å². The van der Waals surface area contributed by atoms with E-state index in [4.69, 9.17) is 16.3 Å². The Hall–Kier alpha value is -1.10. The normalized spacial score (nSPS) is 12.3. The molecule has 0 saturated heterocycles. The van der Waals surface area contributed by atoms with Crippen molar-refractivity contribution in [2.75, 3.05) is 0 Å². The minimum absolute atomic E-state index is 0.340. The van der Waals surface area contributed by atoms with Crippen molar-refractivity contribution in [2.24, 2.45) is 0 Å². The molecule has 19 heavy (non-hydrogen) atoms. The molecule has 0 aliphatic carbocycles. The Bertz CT molecular complexity index is 602. The van der Waals surface area contributed by atoms with E-state index in [0.717, 1.165) is 0 Å². The number of benzene rings is 2. The van der Waals surface area contributed by atoms with Crippen LogP contribution in [0, 0.1) is 5.82 Å². The summed E-state index contributed by atoms with van der Waals surface area (Å²) in [4.78, 5) is 0. The van der Waals surface area contributed by atoms with Gasteiger partial charge >= 0.3 is 0 Å². The molecule has 0 amide bonds. The minimum Gasteiger partial charge on any atom is -0.455 e. The zero-order valence-corrected chi connectivity index (χ0v) is 12.4. The fourth-order valence-electron chi connectivity index (χ4n) is 1.53. The molecule has 1 N–H and O–H groups in total. The fraction of sp³-hybridized carbons (Fsp3) is 0.143. The van der Waals surface area contributed by atoms with Crippen LogP contribution < -0.4 is 4.74 Å². The van der Waals surface area contributed by atoms with E-state index in [1.165, 1.54) is 12.1 Å². The van der Waals surface area contributed by atoms with Gasteiger partial charge in [-0.1, -0.05) is 17.7 Å².